The van der Waals surface area contributed by atoms with Gasteiger partial charge in [0.2, 0.25) is 16.0 Å². The van der Waals surface area contributed by atoms with Gasteiger partial charge in [-0.3, -0.25) is 9.29 Å². The van der Waals surface area contributed by atoms with E-state index in [0.717, 1.165) is 19.3 Å². The Labute approximate surface area is 192 Å². The fraction of sp³-hybridized carbons (Fsp3) is 0.684. The van der Waals surface area contributed by atoms with E-state index in [1.807, 2.05) is 0 Å². The number of ether oxygens (including phenoxy) is 3. The van der Waals surface area contributed by atoms with Crippen molar-refractivity contribution in [3.63, 3.8) is 0 Å². The Bertz CT molecular complexity index is 965. The summed E-state index contributed by atoms with van der Waals surface area (Å²) in [7, 11) is -2.53. The molecule has 32 heavy (non-hydrogen) atoms. The van der Waals surface area contributed by atoms with Gasteiger partial charge in [-0.1, -0.05) is 31.4 Å². The smallest absolute Gasteiger partial charge is 0.240 e. The van der Waals surface area contributed by atoms with E-state index in [1.165, 1.54) is 26.4 Å². The van der Waals surface area contributed by atoms with Crippen LogP contribution >= 0.6 is 11.6 Å². The Morgan fingerprint density at radius 1 is 1.28 bits per heavy atom. The number of hydrogen-bond acceptors (Lipinski definition) is 9. The lowest BCUT2D eigenvalue weighted by Crippen LogP contribution is -2.33. The zero-order valence-electron chi connectivity index (χ0n) is 18.4. The number of sulfonamides is 1. The summed E-state index contributed by atoms with van der Waals surface area (Å²) in [6.07, 6.45) is 4.34. The zero-order valence-corrected chi connectivity index (χ0v) is 20.0. The number of aromatic nitrogens is 5. The van der Waals surface area contributed by atoms with Gasteiger partial charge in [-0.05, 0) is 13.3 Å². The highest BCUT2D eigenvalue weighted by atomic mass is 35.5. The van der Waals surface area contributed by atoms with Crippen LogP contribution in [0.15, 0.2) is 12.4 Å². The van der Waals surface area contributed by atoms with Crippen LogP contribution in [-0.2, 0) is 30.8 Å². The quantitative estimate of drug-likeness (QED) is 0.474. The van der Waals surface area contributed by atoms with Crippen molar-refractivity contribution in [1.82, 2.24) is 24.7 Å². The first-order valence-electron chi connectivity index (χ1n) is 10.5. The van der Waals surface area contributed by atoms with Crippen molar-refractivity contribution in [2.75, 3.05) is 31.7 Å². The van der Waals surface area contributed by atoms with Crippen molar-refractivity contribution in [2.45, 2.75) is 57.1 Å². The van der Waals surface area contributed by atoms with Gasteiger partial charge in [0.15, 0.2) is 11.6 Å². The molecule has 13 heteroatoms. The first-order chi connectivity index (χ1) is 15.4. The lowest BCUT2D eigenvalue weighted by molar-refractivity contribution is -0.0947. The van der Waals surface area contributed by atoms with Crippen LogP contribution in [-0.4, -0.2) is 65.3 Å². The van der Waals surface area contributed by atoms with Crippen molar-refractivity contribution < 1.29 is 22.6 Å². The number of unbranched alkanes of at least 4 members (excludes halogenated alkanes) is 2. The molecule has 1 aliphatic heterocycles. The summed E-state index contributed by atoms with van der Waals surface area (Å²) in [4.78, 5) is 8.20. The second-order valence-electron chi connectivity index (χ2n) is 7.44. The third-order valence-corrected chi connectivity index (χ3v) is 7.06. The van der Waals surface area contributed by atoms with E-state index < -0.39 is 27.5 Å². The van der Waals surface area contributed by atoms with Crippen LogP contribution in [0.25, 0.3) is 0 Å². The lowest BCUT2D eigenvalue weighted by Gasteiger charge is -2.24. The fourth-order valence-corrected chi connectivity index (χ4v) is 4.61. The van der Waals surface area contributed by atoms with Crippen LogP contribution in [0.1, 0.15) is 57.0 Å². The number of hydrogen-bond donors (Lipinski definition) is 1. The van der Waals surface area contributed by atoms with Gasteiger partial charge in [-0.15, -0.1) is 10.2 Å². The number of anilines is 1. The van der Waals surface area contributed by atoms with E-state index in [-0.39, 0.29) is 11.8 Å². The molecule has 1 fully saturated rings. The molecule has 0 radical (unpaired) electrons. The first-order valence-corrected chi connectivity index (χ1v) is 12.4. The van der Waals surface area contributed by atoms with E-state index in [9.17, 15) is 8.42 Å². The molecule has 0 aliphatic carbocycles. The minimum Gasteiger partial charge on any atom is -0.376 e. The maximum Gasteiger partial charge on any atom is 0.240 e. The van der Waals surface area contributed by atoms with Crippen LogP contribution in [0.5, 0.6) is 0 Å². The molecule has 0 amide bonds. The van der Waals surface area contributed by atoms with Crippen LogP contribution in [0.4, 0.5) is 5.95 Å². The van der Waals surface area contributed by atoms with Gasteiger partial charge in [-0.2, -0.15) is 0 Å². The Morgan fingerprint density at radius 3 is 2.66 bits per heavy atom. The largest absolute Gasteiger partial charge is 0.376 e. The normalized spacial score (nSPS) is 18.9. The minimum atomic E-state index is -3.94. The van der Waals surface area contributed by atoms with Crippen molar-refractivity contribution in [3.8, 4) is 0 Å². The van der Waals surface area contributed by atoms with Crippen molar-refractivity contribution in [1.29, 1.82) is 0 Å². The highest BCUT2D eigenvalue weighted by Gasteiger charge is 2.35. The third kappa shape index (κ3) is 5.93. The van der Waals surface area contributed by atoms with Crippen LogP contribution in [0, 0.1) is 0 Å². The lowest BCUT2D eigenvalue weighted by atomic mass is 10.2. The average Bonchev–Trinajstić information content (AvgIpc) is 3.18. The Morgan fingerprint density at radius 2 is 2.03 bits per heavy atom. The molecule has 178 valence electrons. The van der Waals surface area contributed by atoms with Crippen molar-refractivity contribution >= 4 is 27.6 Å². The first kappa shape index (κ1) is 24.8. The molecule has 2 aromatic heterocycles. The van der Waals surface area contributed by atoms with Gasteiger partial charge in [0.1, 0.15) is 17.5 Å². The number of halogens is 1. The topological polar surface area (TPSA) is 130 Å². The van der Waals surface area contributed by atoms with E-state index in [4.69, 9.17) is 25.8 Å². The summed E-state index contributed by atoms with van der Waals surface area (Å²) in [5.41, 5.74) is 0. The van der Waals surface area contributed by atoms with E-state index in [1.54, 1.807) is 4.57 Å². The van der Waals surface area contributed by atoms with Gasteiger partial charge >= 0.3 is 0 Å². The highest BCUT2D eigenvalue weighted by Crippen LogP contribution is 2.27. The Hall–Kier alpha value is -1.86. The van der Waals surface area contributed by atoms with Crippen LogP contribution < -0.4 is 4.72 Å². The fourth-order valence-electron chi connectivity index (χ4n) is 3.37. The maximum atomic E-state index is 13.2. The monoisotopic (exact) mass is 488 g/mol. The Kier molecular flexibility index (Phi) is 8.77. The highest BCUT2D eigenvalue weighted by molar-refractivity contribution is 7.93. The summed E-state index contributed by atoms with van der Waals surface area (Å²) in [6.45, 7) is 5.47. The molecule has 0 spiro atoms. The zero-order chi connectivity index (χ0) is 23.1. The second kappa shape index (κ2) is 11.3. The van der Waals surface area contributed by atoms with Gasteiger partial charge in [0.25, 0.3) is 0 Å². The van der Waals surface area contributed by atoms with Gasteiger partial charge < -0.3 is 14.2 Å². The van der Waals surface area contributed by atoms with Gasteiger partial charge in [0.05, 0.1) is 24.8 Å². The summed E-state index contributed by atoms with van der Waals surface area (Å²) < 4.78 is 47.4. The SMILES string of the molecule is CCCCCn1c(NS(=O)(=O)[C@@H](C)[C@H](OC)c2ncc(Cl)cn2)nnc1[C@@H]1COCCO1. The number of nitrogens with zero attached hydrogens (tertiary/aromatic N) is 5. The molecule has 0 aromatic carbocycles. The summed E-state index contributed by atoms with van der Waals surface area (Å²) in [5, 5.41) is 7.64. The van der Waals surface area contributed by atoms with E-state index in [0.29, 0.717) is 37.2 Å². The Balaban J connectivity index is 1.84. The molecule has 3 heterocycles. The standard InChI is InChI=1S/C19H29ClN6O5S/c1-4-5-6-7-26-18(15-12-30-8-9-31-15)23-24-19(26)25-32(27,28)13(2)16(29-3)17-21-10-14(20)11-22-17/h10-11,13,15-16H,4-9,12H2,1-3H3,(H,24,25)/t13-,15-,16-/m0/s1. The second-order valence-corrected chi connectivity index (χ2v) is 9.92. The summed E-state index contributed by atoms with van der Waals surface area (Å²) >= 11 is 5.84. The van der Waals surface area contributed by atoms with Crippen LogP contribution in [0.3, 0.4) is 0 Å². The number of methoxy groups -OCH3 is 1. The van der Waals surface area contributed by atoms with Crippen molar-refractivity contribution in [3.05, 3.63) is 29.1 Å². The van der Waals surface area contributed by atoms with Gasteiger partial charge in [0, 0.05) is 26.0 Å². The molecule has 1 aliphatic rings. The number of nitrogens with one attached hydrogen (secondary N) is 1. The van der Waals surface area contributed by atoms with Crippen molar-refractivity contribution in [2.24, 2.45) is 0 Å². The van der Waals surface area contributed by atoms with E-state index >= 15 is 0 Å². The molecule has 0 bridgehead atoms. The summed E-state index contributed by atoms with van der Waals surface area (Å²) in [5.74, 6) is 0.882. The molecule has 11 nitrogen and oxygen atoms in total. The molecular weight excluding hydrogens is 460 g/mol. The number of rotatable bonds is 11. The van der Waals surface area contributed by atoms with Gasteiger partial charge in [-0.25, -0.2) is 18.4 Å². The maximum absolute atomic E-state index is 13.2. The molecular formula is C19H29ClN6O5S. The molecule has 1 saturated heterocycles. The predicted molar refractivity (Wildman–Crippen MR) is 118 cm³/mol. The summed E-state index contributed by atoms with van der Waals surface area (Å²) in [6, 6.07) is 0. The molecule has 3 rings (SSSR count). The third-order valence-electron chi connectivity index (χ3n) is 5.17. The molecule has 2 aromatic rings. The molecule has 0 saturated carbocycles. The molecule has 1 N–H and O–H groups in total. The predicted octanol–water partition coefficient (Wildman–Crippen LogP) is 2.52. The minimum absolute atomic E-state index is 0.129. The molecule has 3 atom stereocenters. The molecule has 0 unspecified atom stereocenters. The van der Waals surface area contributed by atoms with E-state index in [2.05, 4.69) is 31.8 Å². The average molecular weight is 489 g/mol. The van der Waals surface area contributed by atoms with Crippen LogP contribution in [0.2, 0.25) is 5.02 Å².